The Kier molecular flexibility index (Phi) is 2.06. The molecule has 0 spiro atoms. The highest BCUT2D eigenvalue weighted by Gasteiger charge is 2.34. The predicted octanol–water partition coefficient (Wildman–Crippen LogP) is 1.15. The summed E-state index contributed by atoms with van der Waals surface area (Å²) in [6.45, 7) is -1.74. The van der Waals surface area contributed by atoms with E-state index in [4.69, 9.17) is 9.22 Å². The van der Waals surface area contributed by atoms with Crippen molar-refractivity contribution in [2.24, 2.45) is 0 Å². The summed E-state index contributed by atoms with van der Waals surface area (Å²) in [5, 5.41) is 8.67. The van der Waals surface area contributed by atoms with Crippen molar-refractivity contribution >= 4 is 17.8 Å². The van der Waals surface area contributed by atoms with Crippen molar-refractivity contribution in [1.82, 2.24) is 4.90 Å². The number of carboxylic acid groups (broad SMARTS) is 1. The van der Waals surface area contributed by atoms with Gasteiger partial charge >= 0.3 is 5.97 Å². The first-order valence-corrected chi connectivity index (χ1v) is 4.82. The molecule has 0 bridgehead atoms. The minimum atomic E-state index is -1.90. The Labute approximate surface area is 102 Å². The average Bonchev–Trinajstić information content (AvgIpc) is 2.69. The Balaban J connectivity index is 2.30. The quantitative estimate of drug-likeness (QED) is 0.487. The van der Waals surface area contributed by atoms with Crippen molar-refractivity contribution in [2.75, 3.05) is 6.52 Å². The summed E-state index contributed by atoms with van der Waals surface area (Å²) in [5.74, 6) is -3.04. The van der Waals surface area contributed by atoms with Gasteiger partial charge in [-0.25, -0.2) is 0 Å². The first-order chi connectivity index (χ1) is 9.36. The minimum Gasteiger partial charge on any atom is -0.481 e. The van der Waals surface area contributed by atoms with Gasteiger partial charge in [-0.15, -0.1) is 0 Å². The normalized spacial score (nSPS) is 22.1. The second-order valence-electron chi connectivity index (χ2n) is 3.37. The van der Waals surface area contributed by atoms with Crippen molar-refractivity contribution in [3.8, 4) is 0 Å². The summed E-state index contributed by atoms with van der Waals surface area (Å²) in [6.07, 6.45) is -3.64. The van der Waals surface area contributed by atoms with Crippen molar-refractivity contribution in [3.63, 3.8) is 0 Å². The van der Waals surface area contributed by atoms with E-state index in [-0.39, 0.29) is 11.1 Å². The first-order valence-electron chi connectivity index (χ1n) is 6.56. The molecule has 0 radical (unpaired) electrons. The first kappa shape index (κ1) is 8.00. The molecule has 1 aliphatic heterocycles. The fraction of sp³-hybridized carbons (Fsp3) is 0.250. The third-order valence-corrected chi connectivity index (χ3v) is 2.30. The van der Waals surface area contributed by atoms with Gasteiger partial charge in [0.2, 0.25) is 0 Å². The van der Waals surface area contributed by atoms with E-state index in [1.165, 1.54) is 12.1 Å². The van der Waals surface area contributed by atoms with Crippen molar-refractivity contribution < 1.29 is 23.6 Å². The van der Waals surface area contributed by atoms with Gasteiger partial charge in [-0.1, -0.05) is 12.1 Å². The van der Waals surface area contributed by atoms with Crippen LogP contribution in [0.1, 0.15) is 37.6 Å². The number of benzene rings is 1. The summed E-state index contributed by atoms with van der Waals surface area (Å²) in [7, 11) is 0. The highest BCUT2D eigenvalue weighted by Crippen LogP contribution is 2.22. The Bertz CT molecular complexity index is 557. The fourth-order valence-corrected chi connectivity index (χ4v) is 1.55. The minimum absolute atomic E-state index is 0.124. The molecular formula is C12H11NO4. The monoisotopic (exact) mass is 241 g/mol. The molecule has 0 aliphatic carbocycles. The Morgan fingerprint density at radius 3 is 2.24 bits per heavy atom. The third kappa shape index (κ3) is 2.04. The van der Waals surface area contributed by atoms with Crippen molar-refractivity contribution in [1.29, 1.82) is 0 Å². The molecule has 5 heteroatoms. The number of rotatable bonds is 4. The molecule has 0 unspecified atom stereocenters. The van der Waals surface area contributed by atoms with Gasteiger partial charge in [-0.05, 0) is 18.5 Å². The summed E-state index contributed by atoms with van der Waals surface area (Å²) >= 11 is 0. The van der Waals surface area contributed by atoms with Gasteiger partial charge < -0.3 is 5.11 Å². The van der Waals surface area contributed by atoms with Gasteiger partial charge in [0, 0.05) is 17.0 Å². The van der Waals surface area contributed by atoms with Gasteiger partial charge in [0.1, 0.15) is 0 Å². The Morgan fingerprint density at radius 1 is 1.24 bits per heavy atom. The summed E-state index contributed by atoms with van der Waals surface area (Å²) in [4.78, 5) is 35.3. The van der Waals surface area contributed by atoms with Crippen LogP contribution in [-0.2, 0) is 4.79 Å². The van der Waals surface area contributed by atoms with E-state index < -0.39 is 37.1 Å². The number of hydrogen-bond acceptors (Lipinski definition) is 3. The molecule has 1 aliphatic rings. The predicted molar refractivity (Wildman–Crippen MR) is 58.7 cm³/mol. The van der Waals surface area contributed by atoms with Gasteiger partial charge in [-0.2, -0.15) is 0 Å². The number of carboxylic acids is 1. The number of imide groups is 1. The van der Waals surface area contributed by atoms with E-state index in [2.05, 4.69) is 0 Å². The second kappa shape index (κ2) is 4.37. The number of aliphatic carboxylic acids is 1. The molecule has 1 aromatic rings. The summed E-state index contributed by atoms with van der Waals surface area (Å²) < 4.78 is 22.6. The maximum absolute atomic E-state index is 12.0. The van der Waals surface area contributed by atoms with Gasteiger partial charge in [0.15, 0.2) is 0 Å². The third-order valence-electron chi connectivity index (χ3n) is 2.30. The zero-order chi connectivity index (χ0) is 15.0. The molecule has 0 saturated carbocycles. The molecular weight excluding hydrogens is 227 g/mol. The molecule has 2 rings (SSSR count). The van der Waals surface area contributed by atoms with Gasteiger partial charge in [-0.3, -0.25) is 19.3 Å². The smallest absolute Gasteiger partial charge is 0.303 e. The van der Waals surface area contributed by atoms with Crippen LogP contribution in [0.2, 0.25) is 0 Å². The molecule has 1 aromatic carbocycles. The van der Waals surface area contributed by atoms with Crippen LogP contribution in [0.4, 0.5) is 0 Å². The lowest BCUT2D eigenvalue weighted by Crippen LogP contribution is -2.31. The average molecular weight is 241 g/mol. The number of nitrogens with zero attached hydrogens (tertiary/aromatic N) is 1. The van der Waals surface area contributed by atoms with Crippen LogP contribution in [-0.4, -0.2) is 34.3 Å². The molecule has 0 fully saturated rings. The summed E-state index contributed by atoms with van der Waals surface area (Å²) in [6, 6.07) is 5.98. The van der Waals surface area contributed by atoms with Crippen LogP contribution in [0.25, 0.3) is 0 Å². The maximum atomic E-state index is 12.0. The lowest BCUT2D eigenvalue weighted by molar-refractivity contribution is -0.137. The standard InChI is InChI=1S/C12H11NO4/c14-10(15)6-3-7-13-11(16)8-4-1-2-5-9(8)12(13)17/h1-2,4-5H,3,6-7H2,(H,14,15)/i3+1D,6+1D,7+1D,10+1,13+1/t3-,6+,7+/m0/s1. The highest BCUT2D eigenvalue weighted by atomic mass is 16.5. The zero-order valence-electron chi connectivity index (χ0n) is 11.7. The molecule has 0 aromatic heterocycles. The molecule has 2 amide bonds. The number of fused-ring (bicyclic) bond motifs is 1. The van der Waals surface area contributed by atoms with Gasteiger partial charge in [0.05, 0.1) is 11.1 Å². The molecule has 5 nitrogen and oxygen atoms in total. The van der Waals surface area contributed by atoms with Crippen LogP contribution in [0.3, 0.4) is 0 Å². The van der Waals surface area contributed by atoms with E-state index in [0.717, 1.165) is 0 Å². The highest BCUT2D eigenvalue weighted by molar-refractivity contribution is 6.21. The SMILES string of the molecule is [2H][13C@H]([13C@@H]([2H])[15N]1C(=O)c2ccccc2C1=O)[13C@@H]([2H])[13C](=O)O. The molecule has 1 heterocycles. The summed E-state index contributed by atoms with van der Waals surface area (Å²) in [5.41, 5.74) is 0.248. The van der Waals surface area contributed by atoms with Crippen molar-refractivity contribution in [2.45, 2.75) is 12.8 Å². The van der Waals surface area contributed by atoms with Crippen LogP contribution in [0, 0.1) is 0 Å². The topological polar surface area (TPSA) is 74.7 Å². The number of hydrogen-bond donors (Lipinski definition) is 1. The Morgan fingerprint density at radius 2 is 1.76 bits per heavy atom. The van der Waals surface area contributed by atoms with E-state index in [1.54, 1.807) is 12.1 Å². The molecule has 1 N–H and O–H groups in total. The van der Waals surface area contributed by atoms with Crippen LogP contribution < -0.4 is 0 Å². The van der Waals surface area contributed by atoms with E-state index in [9.17, 15) is 14.4 Å². The largest absolute Gasteiger partial charge is 0.481 e. The molecule has 3 atom stereocenters. The molecule has 0 saturated heterocycles. The van der Waals surface area contributed by atoms with Crippen LogP contribution in [0.5, 0.6) is 0 Å². The van der Waals surface area contributed by atoms with E-state index in [1.807, 2.05) is 0 Å². The second-order valence-corrected chi connectivity index (χ2v) is 3.37. The maximum Gasteiger partial charge on any atom is 0.303 e. The molecule has 88 valence electrons. The van der Waals surface area contributed by atoms with E-state index in [0.29, 0.717) is 4.90 Å². The number of carbonyl (C=O) groups excluding carboxylic acids is 2. The van der Waals surface area contributed by atoms with Crippen molar-refractivity contribution in [3.05, 3.63) is 35.4 Å². The lowest BCUT2D eigenvalue weighted by Gasteiger charge is -2.12. The fourth-order valence-electron chi connectivity index (χ4n) is 1.55. The van der Waals surface area contributed by atoms with Gasteiger partial charge in [0.25, 0.3) is 11.8 Å². The van der Waals surface area contributed by atoms with Crippen LogP contribution in [0.15, 0.2) is 24.3 Å². The van der Waals surface area contributed by atoms with Crippen LogP contribution >= 0.6 is 0 Å². The van der Waals surface area contributed by atoms with E-state index >= 15 is 0 Å². The molecule has 17 heavy (non-hydrogen) atoms. The lowest BCUT2D eigenvalue weighted by atomic mass is 10.1. The zero-order valence-corrected chi connectivity index (χ0v) is 8.66. The Hall–Kier alpha value is -2.17. The number of amides is 2. The number of carbonyl (C=O) groups is 3.